The molecule has 0 saturated carbocycles. The molecule has 29 heavy (non-hydrogen) atoms. The lowest BCUT2D eigenvalue weighted by molar-refractivity contribution is 0.508. The van der Waals surface area contributed by atoms with E-state index in [1.807, 2.05) is 48.5 Å². The van der Waals surface area contributed by atoms with Crippen LogP contribution >= 0.6 is 12.4 Å². The van der Waals surface area contributed by atoms with Gasteiger partial charge in [0, 0.05) is 22.7 Å². The Labute approximate surface area is 171 Å². The highest BCUT2D eigenvalue weighted by molar-refractivity contribution is 6.10. The molecule has 0 bridgehead atoms. The Bertz CT molecular complexity index is 1350. The molecule has 0 fully saturated rings. The molecule has 7 heteroatoms. The van der Waals surface area contributed by atoms with Crippen molar-refractivity contribution in [1.82, 2.24) is 14.5 Å². The molecule has 0 spiro atoms. The van der Waals surface area contributed by atoms with Gasteiger partial charge in [0.05, 0.1) is 27.9 Å². The van der Waals surface area contributed by atoms with E-state index in [1.165, 1.54) is 6.07 Å². The van der Waals surface area contributed by atoms with E-state index in [9.17, 15) is 8.78 Å². The molecule has 2 heterocycles. The van der Waals surface area contributed by atoms with E-state index in [1.54, 1.807) is 10.9 Å². The Morgan fingerprint density at radius 3 is 2.34 bits per heavy atom. The van der Waals surface area contributed by atoms with Crippen molar-refractivity contribution in [2.45, 2.75) is 0 Å². The molecule has 0 aliphatic heterocycles. The second-order valence-electron chi connectivity index (χ2n) is 6.50. The highest BCUT2D eigenvalue weighted by atomic mass is 35.5. The van der Waals surface area contributed by atoms with Crippen LogP contribution in [-0.2, 0) is 0 Å². The van der Waals surface area contributed by atoms with Gasteiger partial charge in [-0.2, -0.15) is 0 Å². The smallest absolute Gasteiger partial charge is 0.160 e. The zero-order valence-corrected chi connectivity index (χ0v) is 15.8. The average molecular weight is 409 g/mol. The zero-order valence-electron chi connectivity index (χ0n) is 15.0. The van der Waals surface area contributed by atoms with E-state index in [0.717, 1.165) is 28.8 Å². The van der Waals surface area contributed by atoms with Crippen molar-refractivity contribution in [3.8, 4) is 16.9 Å². The highest BCUT2D eigenvalue weighted by Gasteiger charge is 2.15. The zero-order chi connectivity index (χ0) is 19.3. The van der Waals surface area contributed by atoms with Gasteiger partial charge in [0.25, 0.3) is 0 Å². The van der Waals surface area contributed by atoms with Crippen molar-refractivity contribution in [3.63, 3.8) is 0 Å². The van der Waals surface area contributed by atoms with Crippen LogP contribution in [0.3, 0.4) is 0 Å². The van der Waals surface area contributed by atoms with Gasteiger partial charge in [-0.1, -0.05) is 30.3 Å². The number of benzene rings is 3. The summed E-state index contributed by atoms with van der Waals surface area (Å²) < 4.78 is 28.8. The molecule has 0 radical (unpaired) electrons. The van der Waals surface area contributed by atoms with Gasteiger partial charge in [0.15, 0.2) is 11.6 Å². The fraction of sp³-hybridized carbons (Fsp3) is 0. The molecular formula is C22H15ClF2N4. The fourth-order valence-electron chi connectivity index (χ4n) is 3.44. The first-order valence-corrected chi connectivity index (χ1v) is 8.69. The molecule has 3 aromatic carbocycles. The quantitative estimate of drug-likeness (QED) is 0.418. The fourth-order valence-corrected chi connectivity index (χ4v) is 3.44. The Morgan fingerprint density at radius 1 is 0.828 bits per heavy atom. The summed E-state index contributed by atoms with van der Waals surface area (Å²) in [6.45, 7) is 0. The van der Waals surface area contributed by atoms with Crippen LogP contribution in [0.25, 0.3) is 38.9 Å². The van der Waals surface area contributed by atoms with Crippen LogP contribution in [0.1, 0.15) is 0 Å². The number of aromatic nitrogens is 3. The van der Waals surface area contributed by atoms with E-state index < -0.39 is 11.6 Å². The lowest BCUT2D eigenvalue weighted by Crippen LogP contribution is -1.98. The van der Waals surface area contributed by atoms with E-state index in [0.29, 0.717) is 27.9 Å². The first kappa shape index (κ1) is 18.8. The van der Waals surface area contributed by atoms with Gasteiger partial charge in [-0.05, 0) is 30.3 Å². The van der Waals surface area contributed by atoms with Crippen molar-refractivity contribution >= 4 is 40.0 Å². The number of fused-ring (bicyclic) bond motifs is 3. The summed E-state index contributed by atoms with van der Waals surface area (Å²) in [5.41, 5.74) is 11.2. The van der Waals surface area contributed by atoms with Crippen LogP contribution in [0.15, 0.2) is 73.1 Å². The molecule has 2 N–H and O–H groups in total. The molecule has 4 nitrogen and oxygen atoms in total. The number of anilines is 1. The second-order valence-corrected chi connectivity index (χ2v) is 6.50. The summed E-state index contributed by atoms with van der Waals surface area (Å²) in [6.07, 6.45) is 1.57. The third kappa shape index (κ3) is 3.07. The van der Waals surface area contributed by atoms with Gasteiger partial charge >= 0.3 is 0 Å². The Morgan fingerprint density at radius 2 is 1.59 bits per heavy atom. The molecular weight excluding hydrogens is 394 g/mol. The summed E-state index contributed by atoms with van der Waals surface area (Å²) in [4.78, 5) is 9.13. The van der Waals surface area contributed by atoms with Gasteiger partial charge in [-0.15, -0.1) is 12.4 Å². The number of halogens is 3. The number of rotatable bonds is 2. The van der Waals surface area contributed by atoms with E-state index in [-0.39, 0.29) is 12.4 Å². The van der Waals surface area contributed by atoms with Gasteiger partial charge in [-0.25, -0.2) is 18.7 Å². The summed E-state index contributed by atoms with van der Waals surface area (Å²) in [5, 5.41) is 0.722. The maximum absolute atomic E-state index is 13.8. The molecule has 144 valence electrons. The van der Waals surface area contributed by atoms with Crippen LogP contribution in [0.5, 0.6) is 0 Å². The van der Waals surface area contributed by atoms with Crippen LogP contribution in [0.4, 0.5) is 14.5 Å². The van der Waals surface area contributed by atoms with Crippen molar-refractivity contribution in [3.05, 3.63) is 84.7 Å². The highest BCUT2D eigenvalue weighted by Crippen LogP contribution is 2.33. The minimum Gasteiger partial charge on any atom is -0.398 e. The average Bonchev–Trinajstić information content (AvgIpc) is 3.14. The summed E-state index contributed by atoms with van der Waals surface area (Å²) >= 11 is 0. The van der Waals surface area contributed by atoms with Crippen LogP contribution < -0.4 is 5.73 Å². The standard InChI is InChI=1S/C22H14F2N4.ClH/c23-15-7-6-14(10-16(15)24)28-12-26-19-9-8-18-21(22(19)28)17(25)11-20(27-18)13-4-2-1-3-5-13;/h1-12H,(H2,25,27);1H. The van der Waals surface area contributed by atoms with Crippen molar-refractivity contribution < 1.29 is 8.78 Å². The predicted octanol–water partition coefficient (Wildman–Crippen LogP) is 5.52. The van der Waals surface area contributed by atoms with Gasteiger partial charge < -0.3 is 5.73 Å². The molecule has 0 unspecified atom stereocenters. The summed E-state index contributed by atoms with van der Waals surface area (Å²) in [5.74, 6) is -1.82. The maximum Gasteiger partial charge on any atom is 0.160 e. The molecule has 0 atom stereocenters. The second kappa shape index (κ2) is 7.14. The molecule has 0 aliphatic rings. The number of hydrogen-bond donors (Lipinski definition) is 1. The lowest BCUT2D eigenvalue weighted by Gasteiger charge is -2.11. The van der Waals surface area contributed by atoms with Gasteiger partial charge in [-0.3, -0.25) is 4.57 Å². The monoisotopic (exact) mass is 408 g/mol. The summed E-state index contributed by atoms with van der Waals surface area (Å²) in [6, 6.07) is 19.0. The SMILES string of the molecule is Cl.Nc1cc(-c2ccccc2)nc2ccc3ncn(-c4ccc(F)c(F)c4)c3c12. The van der Waals surface area contributed by atoms with Crippen molar-refractivity contribution in [1.29, 1.82) is 0 Å². The van der Waals surface area contributed by atoms with Gasteiger partial charge in [0.2, 0.25) is 0 Å². The van der Waals surface area contributed by atoms with Crippen molar-refractivity contribution in [2.75, 3.05) is 5.73 Å². The molecule has 0 amide bonds. The summed E-state index contributed by atoms with van der Waals surface area (Å²) in [7, 11) is 0. The van der Waals surface area contributed by atoms with Crippen LogP contribution in [0, 0.1) is 11.6 Å². The maximum atomic E-state index is 13.8. The van der Waals surface area contributed by atoms with E-state index in [2.05, 4.69) is 4.98 Å². The third-order valence-corrected chi connectivity index (χ3v) is 4.76. The molecule has 5 aromatic rings. The molecule has 0 aliphatic carbocycles. The van der Waals surface area contributed by atoms with Crippen molar-refractivity contribution in [2.24, 2.45) is 0 Å². The lowest BCUT2D eigenvalue weighted by atomic mass is 10.1. The third-order valence-electron chi connectivity index (χ3n) is 4.76. The normalized spacial score (nSPS) is 11.0. The number of imidazole rings is 1. The first-order valence-electron chi connectivity index (χ1n) is 8.69. The topological polar surface area (TPSA) is 56.7 Å². The first-order chi connectivity index (χ1) is 13.6. The number of nitrogens with two attached hydrogens (primary N) is 1. The van der Waals surface area contributed by atoms with Crippen LogP contribution in [0.2, 0.25) is 0 Å². The Balaban J connectivity index is 0.00000205. The van der Waals surface area contributed by atoms with E-state index >= 15 is 0 Å². The largest absolute Gasteiger partial charge is 0.398 e. The van der Waals surface area contributed by atoms with E-state index in [4.69, 9.17) is 10.7 Å². The number of nitrogen functional groups attached to an aromatic ring is 1. The van der Waals surface area contributed by atoms with Gasteiger partial charge in [0.1, 0.15) is 6.33 Å². The minimum absolute atomic E-state index is 0. The molecule has 5 rings (SSSR count). The number of hydrogen-bond acceptors (Lipinski definition) is 3. The number of nitrogens with zero attached hydrogens (tertiary/aromatic N) is 3. The van der Waals surface area contributed by atoms with Crippen LogP contribution in [-0.4, -0.2) is 14.5 Å². The molecule has 0 saturated heterocycles. The molecule has 2 aromatic heterocycles. The minimum atomic E-state index is -0.919. The Kier molecular flexibility index (Phi) is 4.64. The Hall–Kier alpha value is -3.51. The number of pyridine rings is 1. The predicted molar refractivity (Wildman–Crippen MR) is 113 cm³/mol.